The number of hydrogen-bond acceptors (Lipinski definition) is 4. The molecule has 0 spiro atoms. The number of likely N-dealkylation sites (tertiary alicyclic amines) is 2. The van der Waals surface area contributed by atoms with Gasteiger partial charge < -0.3 is 19.3 Å². The lowest BCUT2D eigenvalue weighted by Gasteiger charge is -2.37. The summed E-state index contributed by atoms with van der Waals surface area (Å²) in [4.78, 5) is 28.0. The maximum Gasteiger partial charge on any atom is 0.410 e. The van der Waals surface area contributed by atoms with E-state index in [1.807, 2.05) is 30.3 Å². The first-order valence-corrected chi connectivity index (χ1v) is 9.92. The molecule has 1 aromatic rings. The van der Waals surface area contributed by atoms with Crippen LogP contribution in [0.1, 0.15) is 18.4 Å². The number of alkyl halides is 3. The van der Waals surface area contributed by atoms with E-state index in [0.717, 1.165) is 18.4 Å². The van der Waals surface area contributed by atoms with E-state index < -0.39 is 9.89 Å². The number of carbonyl (C=O) groups excluding carboxylic acids is 2. The first-order chi connectivity index (χ1) is 12.8. The van der Waals surface area contributed by atoms with E-state index in [4.69, 9.17) is 44.3 Å². The molecule has 2 aliphatic heterocycles. The zero-order valence-corrected chi connectivity index (χ0v) is 18.1. The number of amides is 2. The van der Waals surface area contributed by atoms with Gasteiger partial charge in [0.15, 0.2) is 0 Å². The summed E-state index contributed by atoms with van der Waals surface area (Å²) in [7, 11) is 0. The Kier molecular flexibility index (Phi) is 8.37. The van der Waals surface area contributed by atoms with Crippen molar-refractivity contribution in [3.8, 4) is 0 Å². The fourth-order valence-corrected chi connectivity index (χ4v) is 3.73. The normalized spacial score (nSPS) is 21.5. The second kappa shape index (κ2) is 10.1. The highest BCUT2D eigenvalue weighted by atomic mass is 35.6. The Hall–Kier alpha value is -1.08. The zero-order valence-electron chi connectivity index (χ0n) is 15.1. The van der Waals surface area contributed by atoms with Gasteiger partial charge in [0.25, 0.3) is 0 Å². The summed E-state index contributed by atoms with van der Waals surface area (Å²) in [6.07, 6.45) is 0.810. The van der Waals surface area contributed by atoms with Crippen LogP contribution < -0.4 is 0 Å². The van der Waals surface area contributed by atoms with Gasteiger partial charge in [-0.05, 0) is 24.3 Å². The molecule has 2 fully saturated rings. The third-order valence-electron chi connectivity index (χ3n) is 4.92. The quantitative estimate of drug-likeness (QED) is 0.602. The Morgan fingerprint density at radius 2 is 1.71 bits per heavy atom. The Labute approximate surface area is 185 Å². The van der Waals surface area contributed by atoms with Gasteiger partial charge in [0, 0.05) is 19.6 Å². The van der Waals surface area contributed by atoms with Gasteiger partial charge in [0.1, 0.15) is 13.2 Å². The summed E-state index contributed by atoms with van der Waals surface area (Å²) >= 11 is 16.9. The molecule has 0 saturated carbocycles. The van der Waals surface area contributed by atoms with Crippen LogP contribution in [0.2, 0.25) is 0 Å². The van der Waals surface area contributed by atoms with Gasteiger partial charge in [-0.1, -0.05) is 65.1 Å². The number of benzene rings is 1. The average molecular weight is 472 g/mol. The average Bonchev–Trinajstić information content (AvgIpc) is 3.07. The highest BCUT2D eigenvalue weighted by Gasteiger charge is 2.43. The molecule has 2 atom stereocenters. The summed E-state index contributed by atoms with van der Waals surface area (Å²) in [5, 5.41) is 0. The van der Waals surface area contributed by atoms with Crippen molar-refractivity contribution in [2.24, 2.45) is 5.92 Å². The van der Waals surface area contributed by atoms with Crippen LogP contribution in [0.25, 0.3) is 0 Å². The van der Waals surface area contributed by atoms with Crippen molar-refractivity contribution in [3.05, 3.63) is 35.9 Å². The van der Waals surface area contributed by atoms with E-state index in [0.29, 0.717) is 25.6 Å². The number of piperidine rings is 1. The molecule has 0 aliphatic carbocycles. The summed E-state index contributed by atoms with van der Waals surface area (Å²) in [5.74, 6) is 0.353. The van der Waals surface area contributed by atoms with Crippen molar-refractivity contribution < 1.29 is 19.1 Å². The molecule has 2 saturated heterocycles. The largest absolute Gasteiger partial charge is 0.445 e. The van der Waals surface area contributed by atoms with Crippen LogP contribution in [-0.2, 0) is 16.1 Å². The molecule has 0 N–H and O–H groups in total. The molecule has 0 aromatic heterocycles. The fourth-order valence-electron chi connectivity index (χ4n) is 3.57. The molecular weight excluding hydrogens is 450 g/mol. The molecule has 6 nitrogen and oxygen atoms in total. The highest BCUT2D eigenvalue weighted by Crippen LogP contribution is 2.33. The molecule has 156 valence electrons. The first kappa shape index (κ1) is 23.2. The molecule has 1 unspecified atom stereocenters. The van der Waals surface area contributed by atoms with E-state index in [1.54, 1.807) is 9.80 Å². The second-order valence-corrected chi connectivity index (χ2v) is 9.27. The van der Waals surface area contributed by atoms with E-state index in [1.165, 1.54) is 0 Å². The van der Waals surface area contributed by atoms with Crippen LogP contribution in [-0.4, -0.2) is 58.1 Å². The Morgan fingerprint density at radius 3 is 2.39 bits per heavy atom. The van der Waals surface area contributed by atoms with Crippen LogP contribution in [0.3, 0.4) is 0 Å². The van der Waals surface area contributed by atoms with E-state index in [-0.39, 0.29) is 37.8 Å². The van der Waals surface area contributed by atoms with Gasteiger partial charge in [-0.3, -0.25) is 0 Å². The maximum atomic E-state index is 12.5. The topological polar surface area (TPSA) is 59.1 Å². The second-order valence-electron chi connectivity index (χ2n) is 6.75. The van der Waals surface area contributed by atoms with Crippen molar-refractivity contribution in [2.75, 3.05) is 26.2 Å². The monoisotopic (exact) mass is 470 g/mol. The summed E-state index contributed by atoms with van der Waals surface area (Å²) < 4.78 is 8.86. The number of ether oxygens (including phenoxy) is 2. The third kappa shape index (κ3) is 6.21. The number of rotatable bonds is 3. The molecule has 0 bridgehead atoms. The van der Waals surface area contributed by atoms with Gasteiger partial charge in [-0.15, -0.1) is 12.4 Å². The molecule has 0 radical (unpaired) electrons. The van der Waals surface area contributed by atoms with Crippen molar-refractivity contribution in [1.29, 1.82) is 0 Å². The van der Waals surface area contributed by atoms with Crippen LogP contribution in [0.5, 0.6) is 0 Å². The van der Waals surface area contributed by atoms with Crippen LogP contribution in [0, 0.1) is 5.92 Å². The number of halogens is 4. The molecule has 2 aliphatic rings. The Balaban J connectivity index is 0.00000280. The van der Waals surface area contributed by atoms with Crippen molar-refractivity contribution in [3.63, 3.8) is 0 Å². The molecule has 2 heterocycles. The first-order valence-electron chi connectivity index (χ1n) is 8.79. The predicted octanol–water partition coefficient (Wildman–Crippen LogP) is 4.65. The van der Waals surface area contributed by atoms with Gasteiger partial charge in [0.05, 0.1) is 6.04 Å². The van der Waals surface area contributed by atoms with Gasteiger partial charge in [-0.25, -0.2) is 9.59 Å². The van der Waals surface area contributed by atoms with Gasteiger partial charge in [0.2, 0.25) is 3.79 Å². The SMILES string of the molecule is Cl.O=C(OCC(Cl)(Cl)Cl)N1CCC2CCN(C(=O)OCc3ccccc3)[C@@H]2C1. The lowest BCUT2D eigenvalue weighted by molar-refractivity contribution is 0.0526. The van der Waals surface area contributed by atoms with Crippen molar-refractivity contribution in [2.45, 2.75) is 29.3 Å². The van der Waals surface area contributed by atoms with Crippen LogP contribution in [0.4, 0.5) is 9.59 Å². The molecule has 10 heteroatoms. The predicted molar refractivity (Wildman–Crippen MR) is 110 cm³/mol. The molecule has 28 heavy (non-hydrogen) atoms. The van der Waals surface area contributed by atoms with Gasteiger partial charge >= 0.3 is 12.2 Å². The Morgan fingerprint density at radius 1 is 1.04 bits per heavy atom. The zero-order chi connectivity index (χ0) is 19.4. The molecular formula is C18H22Cl4N2O4. The highest BCUT2D eigenvalue weighted by molar-refractivity contribution is 6.67. The van der Waals surface area contributed by atoms with E-state index in [9.17, 15) is 9.59 Å². The minimum Gasteiger partial charge on any atom is -0.445 e. The Bertz CT molecular complexity index is 671. The number of hydrogen-bond donors (Lipinski definition) is 0. The van der Waals surface area contributed by atoms with E-state index in [2.05, 4.69) is 0 Å². The minimum atomic E-state index is -1.64. The summed E-state index contributed by atoms with van der Waals surface area (Å²) in [6.45, 7) is 1.49. The molecule has 2 amide bonds. The summed E-state index contributed by atoms with van der Waals surface area (Å²) in [6, 6.07) is 9.44. The van der Waals surface area contributed by atoms with Crippen LogP contribution in [0.15, 0.2) is 30.3 Å². The standard InChI is InChI=1S/C18H21Cl3N2O4.ClH/c19-18(20,21)12-27-16(24)22-8-6-14-7-9-23(15(14)10-22)17(25)26-11-13-4-2-1-3-5-13;/h1-5,14-15H,6-12H2;1H/t14?,15-;/m1./s1. The number of carbonyl (C=O) groups is 2. The lowest BCUT2D eigenvalue weighted by Crippen LogP contribution is -2.52. The molecule has 1 aromatic carbocycles. The van der Waals surface area contributed by atoms with E-state index >= 15 is 0 Å². The number of nitrogens with zero attached hydrogens (tertiary/aromatic N) is 2. The summed E-state index contributed by atoms with van der Waals surface area (Å²) in [5.41, 5.74) is 0.933. The van der Waals surface area contributed by atoms with Crippen molar-refractivity contribution >= 4 is 59.4 Å². The van der Waals surface area contributed by atoms with Crippen LogP contribution >= 0.6 is 47.2 Å². The smallest absolute Gasteiger partial charge is 0.410 e. The fraction of sp³-hybridized carbons (Fsp3) is 0.556. The minimum absolute atomic E-state index is 0. The van der Waals surface area contributed by atoms with Gasteiger partial charge in [-0.2, -0.15) is 0 Å². The molecule has 3 rings (SSSR count). The maximum absolute atomic E-state index is 12.5. The van der Waals surface area contributed by atoms with Crippen molar-refractivity contribution in [1.82, 2.24) is 9.80 Å². The number of fused-ring (bicyclic) bond motifs is 1. The third-order valence-corrected chi connectivity index (χ3v) is 5.25. The lowest BCUT2D eigenvalue weighted by atomic mass is 9.92.